The summed E-state index contributed by atoms with van der Waals surface area (Å²) in [5.74, 6) is -0.903. The lowest BCUT2D eigenvalue weighted by atomic mass is 10.0. The molecular formula is C8H12O5. The topological polar surface area (TPSA) is 72.8 Å². The van der Waals surface area contributed by atoms with Crippen molar-refractivity contribution in [2.24, 2.45) is 0 Å². The van der Waals surface area contributed by atoms with E-state index >= 15 is 0 Å². The minimum absolute atomic E-state index is 0.0116. The molecule has 1 fully saturated rings. The highest BCUT2D eigenvalue weighted by atomic mass is 16.6. The monoisotopic (exact) mass is 188 g/mol. The van der Waals surface area contributed by atoms with Gasteiger partial charge in [-0.05, 0) is 0 Å². The lowest BCUT2D eigenvalue weighted by Gasteiger charge is -2.24. The third-order valence-corrected chi connectivity index (χ3v) is 1.86. The molecule has 1 aliphatic rings. The molecule has 0 aliphatic carbocycles. The zero-order chi connectivity index (χ0) is 9.84. The normalized spacial score (nSPS) is 28.0. The average Bonchev–Trinajstić information content (AvgIpc) is 2.02. The van der Waals surface area contributed by atoms with E-state index in [1.165, 1.54) is 7.11 Å². The number of carbonyl (C=O) groups excluding carboxylic acids is 2. The molecule has 5 nitrogen and oxygen atoms in total. The van der Waals surface area contributed by atoms with Crippen LogP contribution in [0, 0.1) is 0 Å². The standard InChI is InChI=1S/C8H12O5/c1-12-7(10)4-6-2-5(9)3-8(11)13-6/h5-6,9H,2-4H2,1H3/t5-,6-/m0/s1. The van der Waals surface area contributed by atoms with Crippen LogP contribution < -0.4 is 0 Å². The molecule has 0 radical (unpaired) electrons. The summed E-state index contributed by atoms with van der Waals surface area (Å²) in [6.07, 6.45) is -0.905. The molecule has 0 aromatic carbocycles. The maximum Gasteiger partial charge on any atom is 0.309 e. The minimum atomic E-state index is -0.698. The number of hydrogen-bond donors (Lipinski definition) is 1. The third kappa shape index (κ3) is 3.02. The van der Waals surface area contributed by atoms with Crippen LogP contribution >= 0.6 is 0 Å². The molecule has 1 heterocycles. The molecule has 1 rings (SSSR count). The second-order valence-electron chi connectivity index (χ2n) is 2.99. The lowest BCUT2D eigenvalue weighted by Crippen LogP contribution is -2.34. The smallest absolute Gasteiger partial charge is 0.309 e. The van der Waals surface area contributed by atoms with Crippen LogP contribution in [0.15, 0.2) is 0 Å². The predicted octanol–water partition coefficient (Wildman–Crippen LogP) is -0.384. The number of ether oxygens (including phenoxy) is 2. The fourth-order valence-electron chi connectivity index (χ4n) is 1.26. The van der Waals surface area contributed by atoms with Gasteiger partial charge < -0.3 is 14.6 Å². The number of cyclic esters (lactones) is 1. The molecule has 0 aromatic heterocycles. The molecule has 74 valence electrons. The first-order valence-corrected chi connectivity index (χ1v) is 4.06. The number of rotatable bonds is 2. The predicted molar refractivity (Wildman–Crippen MR) is 41.8 cm³/mol. The molecule has 0 unspecified atom stereocenters. The fraction of sp³-hybridized carbons (Fsp3) is 0.750. The Labute approximate surface area is 75.6 Å². The Bertz CT molecular complexity index is 213. The van der Waals surface area contributed by atoms with Crippen LogP contribution in [0.3, 0.4) is 0 Å². The number of aliphatic hydroxyl groups is 1. The first kappa shape index (κ1) is 9.98. The molecule has 0 spiro atoms. The van der Waals surface area contributed by atoms with Gasteiger partial charge in [-0.2, -0.15) is 0 Å². The highest BCUT2D eigenvalue weighted by Crippen LogP contribution is 2.17. The maximum atomic E-state index is 10.8. The van der Waals surface area contributed by atoms with Gasteiger partial charge >= 0.3 is 11.9 Å². The molecule has 0 amide bonds. The SMILES string of the molecule is COC(=O)C[C@@H]1C[C@H](O)CC(=O)O1. The summed E-state index contributed by atoms with van der Waals surface area (Å²) in [7, 11) is 1.27. The fourth-order valence-corrected chi connectivity index (χ4v) is 1.26. The van der Waals surface area contributed by atoms with Crippen LogP contribution in [0.4, 0.5) is 0 Å². The Balaban J connectivity index is 2.41. The second-order valence-corrected chi connectivity index (χ2v) is 2.99. The zero-order valence-electron chi connectivity index (χ0n) is 7.36. The van der Waals surface area contributed by atoms with Gasteiger partial charge in [0.1, 0.15) is 6.10 Å². The van der Waals surface area contributed by atoms with Crippen LogP contribution in [-0.2, 0) is 19.1 Å². The van der Waals surface area contributed by atoms with Crippen molar-refractivity contribution in [2.75, 3.05) is 7.11 Å². The molecule has 1 N–H and O–H groups in total. The molecule has 0 bridgehead atoms. The van der Waals surface area contributed by atoms with Crippen molar-refractivity contribution >= 4 is 11.9 Å². The Morgan fingerprint density at radius 2 is 2.46 bits per heavy atom. The molecule has 13 heavy (non-hydrogen) atoms. The van der Waals surface area contributed by atoms with Gasteiger partial charge in [0.15, 0.2) is 0 Å². The van der Waals surface area contributed by atoms with E-state index in [0.717, 1.165) is 0 Å². The summed E-state index contributed by atoms with van der Waals surface area (Å²) in [5, 5.41) is 9.18. The Hall–Kier alpha value is -1.10. The molecule has 5 heteroatoms. The van der Waals surface area contributed by atoms with Gasteiger partial charge in [0, 0.05) is 6.42 Å². The quantitative estimate of drug-likeness (QED) is 0.598. The van der Waals surface area contributed by atoms with Gasteiger partial charge in [-0.25, -0.2) is 0 Å². The number of carbonyl (C=O) groups is 2. The summed E-state index contributed by atoms with van der Waals surface area (Å²) in [5.41, 5.74) is 0. The van der Waals surface area contributed by atoms with Crippen molar-refractivity contribution in [1.29, 1.82) is 0 Å². The largest absolute Gasteiger partial charge is 0.469 e. The minimum Gasteiger partial charge on any atom is -0.469 e. The Kier molecular flexibility index (Phi) is 3.25. The number of esters is 2. The summed E-state index contributed by atoms with van der Waals surface area (Å²) in [6.45, 7) is 0. The van der Waals surface area contributed by atoms with Gasteiger partial charge in [0.05, 0.1) is 26.1 Å². The van der Waals surface area contributed by atoms with E-state index in [-0.39, 0.29) is 12.8 Å². The van der Waals surface area contributed by atoms with E-state index < -0.39 is 24.1 Å². The average molecular weight is 188 g/mol. The van der Waals surface area contributed by atoms with Gasteiger partial charge in [-0.1, -0.05) is 0 Å². The highest BCUT2D eigenvalue weighted by molar-refractivity contribution is 5.73. The summed E-state index contributed by atoms with van der Waals surface area (Å²) in [6, 6.07) is 0. The van der Waals surface area contributed by atoms with Crippen LogP contribution in [0.5, 0.6) is 0 Å². The van der Waals surface area contributed by atoms with E-state index in [1.54, 1.807) is 0 Å². The zero-order valence-corrected chi connectivity index (χ0v) is 7.36. The molecule has 0 saturated carbocycles. The van der Waals surface area contributed by atoms with E-state index in [0.29, 0.717) is 6.42 Å². The Morgan fingerprint density at radius 3 is 3.00 bits per heavy atom. The van der Waals surface area contributed by atoms with Crippen molar-refractivity contribution in [3.8, 4) is 0 Å². The van der Waals surface area contributed by atoms with Gasteiger partial charge in [0.2, 0.25) is 0 Å². The molecule has 1 saturated heterocycles. The van der Waals surface area contributed by atoms with Gasteiger partial charge in [-0.15, -0.1) is 0 Å². The maximum absolute atomic E-state index is 10.8. The third-order valence-electron chi connectivity index (χ3n) is 1.86. The van der Waals surface area contributed by atoms with Crippen molar-refractivity contribution in [2.45, 2.75) is 31.5 Å². The number of aliphatic hydroxyl groups excluding tert-OH is 1. The van der Waals surface area contributed by atoms with E-state index in [4.69, 9.17) is 4.74 Å². The van der Waals surface area contributed by atoms with Gasteiger partial charge in [0.25, 0.3) is 0 Å². The summed E-state index contributed by atoms with van der Waals surface area (Å²) < 4.78 is 9.24. The molecule has 0 aromatic rings. The van der Waals surface area contributed by atoms with Crippen molar-refractivity contribution in [3.05, 3.63) is 0 Å². The second kappa shape index (κ2) is 4.23. The molecule has 2 atom stereocenters. The first-order chi connectivity index (χ1) is 6.11. The summed E-state index contributed by atoms with van der Waals surface area (Å²) in [4.78, 5) is 21.6. The molecule has 1 aliphatic heterocycles. The van der Waals surface area contributed by atoms with E-state index in [1.807, 2.05) is 0 Å². The summed E-state index contributed by atoms with van der Waals surface area (Å²) >= 11 is 0. The van der Waals surface area contributed by atoms with Gasteiger partial charge in [-0.3, -0.25) is 9.59 Å². The number of methoxy groups -OCH3 is 1. The van der Waals surface area contributed by atoms with Crippen LogP contribution in [0.25, 0.3) is 0 Å². The van der Waals surface area contributed by atoms with E-state index in [9.17, 15) is 14.7 Å². The Morgan fingerprint density at radius 1 is 1.77 bits per heavy atom. The lowest BCUT2D eigenvalue weighted by molar-refractivity contribution is -0.163. The van der Waals surface area contributed by atoms with Crippen molar-refractivity contribution in [3.63, 3.8) is 0 Å². The first-order valence-electron chi connectivity index (χ1n) is 4.06. The van der Waals surface area contributed by atoms with Crippen molar-refractivity contribution in [1.82, 2.24) is 0 Å². The van der Waals surface area contributed by atoms with Crippen LogP contribution in [0.2, 0.25) is 0 Å². The number of hydrogen-bond acceptors (Lipinski definition) is 5. The molecular weight excluding hydrogens is 176 g/mol. The highest BCUT2D eigenvalue weighted by Gasteiger charge is 2.28. The van der Waals surface area contributed by atoms with Crippen LogP contribution in [0.1, 0.15) is 19.3 Å². The van der Waals surface area contributed by atoms with E-state index in [2.05, 4.69) is 4.74 Å². The van der Waals surface area contributed by atoms with Crippen LogP contribution in [-0.4, -0.2) is 36.4 Å². The van der Waals surface area contributed by atoms with Crippen molar-refractivity contribution < 1.29 is 24.2 Å².